The predicted molar refractivity (Wildman–Crippen MR) is 87.4 cm³/mol. The van der Waals surface area contributed by atoms with E-state index >= 15 is 0 Å². The molecule has 1 aromatic rings. The molecule has 2 rings (SSSR count). The Bertz CT molecular complexity index is 405. The lowest BCUT2D eigenvalue weighted by Gasteiger charge is -2.22. The molecular weight excluding hydrogens is 268 g/mol. The van der Waals surface area contributed by atoms with E-state index in [0.29, 0.717) is 11.3 Å². The van der Waals surface area contributed by atoms with E-state index < -0.39 is 0 Å². The van der Waals surface area contributed by atoms with Crippen molar-refractivity contribution >= 4 is 11.8 Å². The smallest absolute Gasteiger partial charge is 0.119 e. The molecule has 1 aliphatic rings. The predicted octanol–water partition coefficient (Wildman–Crippen LogP) is 2.74. The molecule has 0 amide bonds. The molecule has 0 aliphatic carbocycles. The summed E-state index contributed by atoms with van der Waals surface area (Å²) in [5.74, 6) is 2.16. The minimum absolute atomic E-state index is 0.424. The Kier molecular flexibility index (Phi) is 5.75. The van der Waals surface area contributed by atoms with Gasteiger partial charge in [0.05, 0.1) is 0 Å². The molecule has 0 aromatic heterocycles. The third kappa shape index (κ3) is 5.00. The fraction of sp³-hybridized carbons (Fsp3) is 0.625. The maximum atomic E-state index is 5.81. The molecule has 20 heavy (non-hydrogen) atoms. The molecule has 0 spiro atoms. The number of nitrogens with zero attached hydrogens (tertiary/aromatic N) is 1. The van der Waals surface area contributed by atoms with Gasteiger partial charge in [-0.25, -0.2) is 0 Å². The Labute approximate surface area is 126 Å². The fourth-order valence-electron chi connectivity index (χ4n) is 2.30. The van der Waals surface area contributed by atoms with Gasteiger partial charge in [0.2, 0.25) is 0 Å². The van der Waals surface area contributed by atoms with Crippen LogP contribution in [0.1, 0.15) is 25.8 Å². The van der Waals surface area contributed by atoms with E-state index in [1.54, 1.807) is 0 Å². The Morgan fingerprint density at radius 2 is 2.00 bits per heavy atom. The van der Waals surface area contributed by atoms with E-state index in [4.69, 9.17) is 10.5 Å². The van der Waals surface area contributed by atoms with Crippen molar-refractivity contribution in [2.45, 2.75) is 31.6 Å². The van der Waals surface area contributed by atoms with E-state index in [9.17, 15) is 0 Å². The molecule has 1 aliphatic heterocycles. The van der Waals surface area contributed by atoms with Crippen molar-refractivity contribution in [3.8, 4) is 5.75 Å². The molecule has 4 heteroatoms. The minimum atomic E-state index is 0.424. The monoisotopic (exact) mass is 294 g/mol. The number of hydrogen-bond acceptors (Lipinski definition) is 4. The highest BCUT2D eigenvalue weighted by molar-refractivity contribution is 8.00. The second-order valence-corrected chi connectivity index (χ2v) is 7.70. The van der Waals surface area contributed by atoms with Gasteiger partial charge < -0.3 is 10.5 Å². The van der Waals surface area contributed by atoms with Crippen LogP contribution >= 0.6 is 11.8 Å². The summed E-state index contributed by atoms with van der Waals surface area (Å²) in [7, 11) is 0. The van der Waals surface area contributed by atoms with Gasteiger partial charge in [0.1, 0.15) is 12.4 Å². The number of hydrogen-bond donors (Lipinski definition) is 1. The summed E-state index contributed by atoms with van der Waals surface area (Å²) in [4.78, 5) is 2.51. The molecule has 1 saturated heterocycles. The van der Waals surface area contributed by atoms with Gasteiger partial charge in [-0.15, -0.1) is 0 Å². The Balaban J connectivity index is 1.72. The van der Waals surface area contributed by atoms with E-state index in [2.05, 4.69) is 30.5 Å². The third-order valence-corrected chi connectivity index (χ3v) is 5.14. The highest BCUT2D eigenvalue weighted by Gasteiger charge is 2.23. The number of benzene rings is 1. The van der Waals surface area contributed by atoms with Crippen LogP contribution in [0.4, 0.5) is 0 Å². The molecule has 3 nitrogen and oxygen atoms in total. The van der Waals surface area contributed by atoms with Crippen molar-refractivity contribution < 1.29 is 4.74 Å². The SMILES string of the molecule is CC1(C)CCN(CCOc2ccc(CN)cc2)CCS1. The molecule has 112 valence electrons. The van der Waals surface area contributed by atoms with Crippen molar-refractivity contribution in [2.75, 3.05) is 32.0 Å². The standard InChI is InChI=1S/C16H26N2OS/c1-16(2)7-8-18(10-12-20-16)9-11-19-15-5-3-14(13-17)4-6-15/h3-6H,7-13,17H2,1-2H3. The first-order valence-electron chi connectivity index (χ1n) is 7.37. The van der Waals surface area contributed by atoms with Crippen LogP contribution in [0.15, 0.2) is 24.3 Å². The van der Waals surface area contributed by atoms with Crippen LogP contribution in [0.25, 0.3) is 0 Å². The van der Waals surface area contributed by atoms with Crippen LogP contribution in [-0.4, -0.2) is 41.6 Å². The first kappa shape index (κ1) is 15.7. The second kappa shape index (κ2) is 7.34. The van der Waals surface area contributed by atoms with E-state index in [0.717, 1.165) is 24.5 Å². The second-order valence-electron chi connectivity index (χ2n) is 5.90. The topological polar surface area (TPSA) is 38.5 Å². The van der Waals surface area contributed by atoms with Gasteiger partial charge in [0, 0.05) is 30.1 Å². The van der Waals surface area contributed by atoms with Crippen molar-refractivity contribution in [3.05, 3.63) is 29.8 Å². The quantitative estimate of drug-likeness (QED) is 0.906. The Morgan fingerprint density at radius 3 is 2.70 bits per heavy atom. The highest BCUT2D eigenvalue weighted by Crippen LogP contribution is 2.30. The summed E-state index contributed by atoms with van der Waals surface area (Å²) in [5, 5.41) is 0. The van der Waals surface area contributed by atoms with Gasteiger partial charge in [-0.05, 0) is 30.7 Å². The first-order valence-corrected chi connectivity index (χ1v) is 8.36. The number of nitrogens with two attached hydrogens (primary N) is 1. The lowest BCUT2D eigenvalue weighted by Crippen LogP contribution is -2.31. The molecule has 1 fully saturated rings. The number of thioether (sulfide) groups is 1. The molecule has 0 atom stereocenters. The summed E-state index contributed by atoms with van der Waals surface area (Å²) in [5.41, 5.74) is 6.73. The number of ether oxygens (including phenoxy) is 1. The van der Waals surface area contributed by atoms with Gasteiger partial charge in [0.25, 0.3) is 0 Å². The Morgan fingerprint density at radius 1 is 1.25 bits per heavy atom. The lowest BCUT2D eigenvalue weighted by molar-refractivity contribution is 0.214. The third-order valence-electron chi connectivity index (χ3n) is 3.77. The normalized spacial score (nSPS) is 19.6. The highest BCUT2D eigenvalue weighted by atomic mass is 32.2. The van der Waals surface area contributed by atoms with E-state index in [-0.39, 0.29) is 0 Å². The van der Waals surface area contributed by atoms with Gasteiger partial charge in [-0.2, -0.15) is 11.8 Å². The summed E-state index contributed by atoms with van der Waals surface area (Å²) in [6.45, 7) is 9.39. The summed E-state index contributed by atoms with van der Waals surface area (Å²) in [6, 6.07) is 8.06. The molecule has 0 radical (unpaired) electrons. The van der Waals surface area contributed by atoms with Crippen LogP contribution in [0, 0.1) is 0 Å². The molecule has 1 aromatic carbocycles. The molecule has 0 saturated carbocycles. The zero-order chi connectivity index (χ0) is 14.4. The van der Waals surface area contributed by atoms with Gasteiger partial charge >= 0.3 is 0 Å². The molecule has 0 bridgehead atoms. The molecular formula is C16H26N2OS. The van der Waals surface area contributed by atoms with Crippen LogP contribution < -0.4 is 10.5 Å². The van der Waals surface area contributed by atoms with Crippen molar-refractivity contribution in [3.63, 3.8) is 0 Å². The van der Waals surface area contributed by atoms with Crippen LogP contribution in [0.3, 0.4) is 0 Å². The minimum Gasteiger partial charge on any atom is -0.492 e. The first-order chi connectivity index (χ1) is 9.59. The zero-order valence-electron chi connectivity index (χ0n) is 12.6. The Hall–Kier alpha value is -0.710. The van der Waals surface area contributed by atoms with Crippen LogP contribution in [0.5, 0.6) is 5.75 Å². The van der Waals surface area contributed by atoms with Crippen molar-refractivity contribution in [1.29, 1.82) is 0 Å². The van der Waals surface area contributed by atoms with Crippen LogP contribution in [0.2, 0.25) is 0 Å². The molecule has 2 N–H and O–H groups in total. The largest absolute Gasteiger partial charge is 0.492 e. The fourth-order valence-corrected chi connectivity index (χ4v) is 3.44. The molecule has 0 unspecified atom stereocenters. The average molecular weight is 294 g/mol. The van der Waals surface area contributed by atoms with E-state index in [1.807, 2.05) is 24.3 Å². The van der Waals surface area contributed by atoms with Gasteiger partial charge in [-0.3, -0.25) is 4.90 Å². The maximum absolute atomic E-state index is 5.81. The van der Waals surface area contributed by atoms with Crippen molar-refractivity contribution in [2.24, 2.45) is 5.73 Å². The lowest BCUT2D eigenvalue weighted by atomic mass is 10.1. The van der Waals surface area contributed by atoms with Crippen molar-refractivity contribution in [1.82, 2.24) is 4.90 Å². The average Bonchev–Trinajstić information content (AvgIpc) is 2.61. The van der Waals surface area contributed by atoms with Gasteiger partial charge in [0.15, 0.2) is 0 Å². The van der Waals surface area contributed by atoms with Crippen LogP contribution in [-0.2, 0) is 6.54 Å². The van der Waals surface area contributed by atoms with E-state index in [1.165, 1.54) is 25.3 Å². The summed E-state index contributed by atoms with van der Waals surface area (Å²) in [6.07, 6.45) is 1.25. The summed E-state index contributed by atoms with van der Waals surface area (Å²) < 4.78 is 6.24. The summed E-state index contributed by atoms with van der Waals surface area (Å²) >= 11 is 2.08. The molecule has 1 heterocycles. The zero-order valence-corrected chi connectivity index (χ0v) is 13.4. The van der Waals surface area contributed by atoms with Gasteiger partial charge in [-0.1, -0.05) is 26.0 Å². The number of rotatable bonds is 5. The maximum Gasteiger partial charge on any atom is 0.119 e.